The van der Waals surface area contributed by atoms with Crippen LogP contribution in [0.25, 0.3) is 0 Å². The molecule has 2 rings (SSSR count). The minimum absolute atomic E-state index is 0.0716. The van der Waals surface area contributed by atoms with E-state index in [0.717, 1.165) is 24.4 Å². The number of carbonyl (C=O) groups is 1. The van der Waals surface area contributed by atoms with Crippen molar-refractivity contribution in [3.63, 3.8) is 0 Å². The fourth-order valence-electron chi connectivity index (χ4n) is 2.82. The van der Waals surface area contributed by atoms with Gasteiger partial charge < -0.3 is 11.1 Å². The fourth-order valence-corrected chi connectivity index (χ4v) is 2.82. The van der Waals surface area contributed by atoms with Gasteiger partial charge in [0.25, 0.3) is 0 Å². The smallest absolute Gasteiger partial charge is 0.241 e. The van der Waals surface area contributed by atoms with Gasteiger partial charge in [0.15, 0.2) is 0 Å². The van der Waals surface area contributed by atoms with Crippen LogP contribution in [0.4, 0.5) is 0 Å². The third-order valence-electron chi connectivity index (χ3n) is 4.00. The average Bonchev–Trinajstić information content (AvgIpc) is 2.96. The molecule has 1 fully saturated rings. The number of hydrogen-bond donors (Lipinski definition) is 2. The Morgan fingerprint density at radius 2 is 1.95 bits per heavy atom. The zero-order chi connectivity index (χ0) is 13.5. The van der Waals surface area contributed by atoms with Crippen LogP contribution < -0.4 is 11.1 Å². The van der Waals surface area contributed by atoms with Crippen molar-refractivity contribution in [3.05, 3.63) is 35.9 Å². The van der Waals surface area contributed by atoms with Crippen molar-refractivity contribution in [1.29, 1.82) is 0 Å². The molecule has 104 valence electrons. The molecule has 0 saturated heterocycles. The third-order valence-corrected chi connectivity index (χ3v) is 4.00. The normalized spacial score (nSPS) is 17.3. The first-order valence-electron chi connectivity index (χ1n) is 7.35. The summed E-state index contributed by atoms with van der Waals surface area (Å²) in [4.78, 5) is 11.9. The first-order chi connectivity index (χ1) is 9.27. The fraction of sp³-hybridized carbons (Fsp3) is 0.562. The monoisotopic (exact) mass is 260 g/mol. The van der Waals surface area contributed by atoms with Crippen LogP contribution in [0.15, 0.2) is 30.3 Å². The van der Waals surface area contributed by atoms with Crippen molar-refractivity contribution < 1.29 is 4.79 Å². The van der Waals surface area contributed by atoms with E-state index < -0.39 is 6.04 Å². The van der Waals surface area contributed by atoms with E-state index in [0.29, 0.717) is 0 Å². The Bertz CT molecular complexity index is 385. The molecule has 1 aromatic rings. The number of benzene rings is 1. The second-order valence-corrected chi connectivity index (χ2v) is 5.47. The first kappa shape index (κ1) is 14.1. The summed E-state index contributed by atoms with van der Waals surface area (Å²) in [6, 6.07) is 8.97. The van der Waals surface area contributed by atoms with Crippen LogP contribution in [0, 0.1) is 5.92 Å². The van der Waals surface area contributed by atoms with Gasteiger partial charge in [-0.1, -0.05) is 56.0 Å². The van der Waals surface area contributed by atoms with E-state index in [4.69, 9.17) is 5.73 Å². The predicted molar refractivity (Wildman–Crippen MR) is 77.6 cm³/mol. The predicted octanol–water partition coefficient (Wildman–Crippen LogP) is 2.77. The maximum atomic E-state index is 11.9. The number of hydrogen-bond acceptors (Lipinski definition) is 2. The Morgan fingerprint density at radius 1 is 1.26 bits per heavy atom. The van der Waals surface area contributed by atoms with Gasteiger partial charge in [-0.25, -0.2) is 0 Å². The number of amides is 1. The zero-order valence-corrected chi connectivity index (χ0v) is 11.5. The quantitative estimate of drug-likeness (QED) is 0.773. The highest BCUT2D eigenvalue weighted by molar-refractivity contribution is 5.82. The van der Waals surface area contributed by atoms with Gasteiger partial charge in [0.1, 0.15) is 6.04 Å². The highest BCUT2D eigenvalue weighted by Crippen LogP contribution is 2.28. The Hall–Kier alpha value is -1.35. The molecule has 0 aromatic heterocycles. The molecule has 3 N–H and O–H groups in total. The Balaban J connectivity index is 1.66. The molecule has 3 heteroatoms. The lowest BCUT2D eigenvalue weighted by Gasteiger charge is -2.13. The van der Waals surface area contributed by atoms with Crippen LogP contribution in [0.3, 0.4) is 0 Å². The molecule has 0 bridgehead atoms. The minimum Gasteiger partial charge on any atom is -0.354 e. The van der Waals surface area contributed by atoms with Crippen molar-refractivity contribution in [1.82, 2.24) is 5.32 Å². The lowest BCUT2D eigenvalue weighted by Crippen LogP contribution is -2.34. The van der Waals surface area contributed by atoms with Gasteiger partial charge in [-0.3, -0.25) is 4.79 Å². The van der Waals surface area contributed by atoms with E-state index in [2.05, 4.69) is 5.32 Å². The second kappa shape index (κ2) is 7.29. The van der Waals surface area contributed by atoms with Gasteiger partial charge in [0.2, 0.25) is 5.91 Å². The van der Waals surface area contributed by atoms with E-state index >= 15 is 0 Å². The van der Waals surface area contributed by atoms with Crippen LogP contribution in [0.1, 0.15) is 50.1 Å². The average molecular weight is 260 g/mol. The SMILES string of the molecule is N[C@H](C(=O)NCCCC1CCCC1)c1ccccc1. The van der Waals surface area contributed by atoms with Crippen molar-refractivity contribution in [3.8, 4) is 0 Å². The molecule has 0 unspecified atom stereocenters. The van der Waals surface area contributed by atoms with E-state index in [1.807, 2.05) is 30.3 Å². The van der Waals surface area contributed by atoms with Crippen LogP contribution in [-0.4, -0.2) is 12.5 Å². The summed E-state index contributed by atoms with van der Waals surface area (Å²) in [5, 5.41) is 2.94. The molecule has 0 heterocycles. The molecule has 0 radical (unpaired) electrons. The molecular weight excluding hydrogens is 236 g/mol. The van der Waals surface area contributed by atoms with Gasteiger partial charge in [0, 0.05) is 6.54 Å². The van der Waals surface area contributed by atoms with Gasteiger partial charge in [0.05, 0.1) is 0 Å². The summed E-state index contributed by atoms with van der Waals surface area (Å²) in [6.07, 6.45) is 7.82. The molecule has 1 amide bonds. The van der Waals surface area contributed by atoms with E-state index in [1.54, 1.807) is 0 Å². The number of nitrogens with two attached hydrogens (primary N) is 1. The number of rotatable bonds is 6. The van der Waals surface area contributed by atoms with Gasteiger partial charge in [-0.2, -0.15) is 0 Å². The number of carbonyl (C=O) groups excluding carboxylic acids is 1. The lowest BCUT2D eigenvalue weighted by molar-refractivity contribution is -0.122. The lowest BCUT2D eigenvalue weighted by atomic mass is 10.0. The molecule has 1 aromatic carbocycles. The minimum atomic E-state index is -0.548. The summed E-state index contributed by atoms with van der Waals surface area (Å²) >= 11 is 0. The molecule has 1 saturated carbocycles. The van der Waals surface area contributed by atoms with Crippen molar-refractivity contribution in [2.75, 3.05) is 6.54 Å². The molecule has 0 spiro atoms. The highest BCUT2D eigenvalue weighted by atomic mass is 16.2. The topological polar surface area (TPSA) is 55.1 Å². The first-order valence-corrected chi connectivity index (χ1v) is 7.35. The van der Waals surface area contributed by atoms with Crippen molar-refractivity contribution >= 4 is 5.91 Å². The van der Waals surface area contributed by atoms with Gasteiger partial charge in [-0.05, 0) is 24.3 Å². The molecule has 0 aliphatic heterocycles. The summed E-state index contributed by atoms with van der Waals surface area (Å²) in [6.45, 7) is 0.746. The second-order valence-electron chi connectivity index (χ2n) is 5.47. The maximum absolute atomic E-state index is 11.9. The van der Waals surface area contributed by atoms with Crippen LogP contribution in [-0.2, 0) is 4.79 Å². The summed E-state index contributed by atoms with van der Waals surface area (Å²) < 4.78 is 0. The Kier molecular flexibility index (Phi) is 5.40. The molecule has 3 nitrogen and oxygen atoms in total. The van der Waals surface area contributed by atoms with Crippen molar-refractivity contribution in [2.24, 2.45) is 11.7 Å². The van der Waals surface area contributed by atoms with E-state index in [-0.39, 0.29) is 5.91 Å². The molecule has 1 aliphatic carbocycles. The van der Waals surface area contributed by atoms with E-state index in [9.17, 15) is 4.79 Å². The van der Waals surface area contributed by atoms with Crippen LogP contribution >= 0.6 is 0 Å². The Labute approximate surface area is 115 Å². The highest BCUT2D eigenvalue weighted by Gasteiger charge is 2.16. The summed E-state index contributed by atoms with van der Waals surface area (Å²) in [5.41, 5.74) is 6.80. The largest absolute Gasteiger partial charge is 0.354 e. The van der Waals surface area contributed by atoms with E-state index in [1.165, 1.54) is 32.1 Å². The molecular formula is C16H24N2O. The molecule has 1 atom stereocenters. The molecule has 1 aliphatic rings. The summed E-state index contributed by atoms with van der Waals surface area (Å²) in [5.74, 6) is 0.817. The molecule has 19 heavy (non-hydrogen) atoms. The third kappa shape index (κ3) is 4.35. The Morgan fingerprint density at radius 3 is 2.63 bits per heavy atom. The summed E-state index contributed by atoms with van der Waals surface area (Å²) in [7, 11) is 0. The zero-order valence-electron chi connectivity index (χ0n) is 11.5. The van der Waals surface area contributed by atoms with Crippen LogP contribution in [0.2, 0.25) is 0 Å². The van der Waals surface area contributed by atoms with Gasteiger partial charge >= 0.3 is 0 Å². The van der Waals surface area contributed by atoms with Gasteiger partial charge in [-0.15, -0.1) is 0 Å². The number of nitrogens with one attached hydrogen (secondary N) is 1. The van der Waals surface area contributed by atoms with Crippen LogP contribution in [0.5, 0.6) is 0 Å². The standard InChI is InChI=1S/C16H24N2O/c17-15(14-10-2-1-3-11-14)16(19)18-12-6-9-13-7-4-5-8-13/h1-3,10-11,13,15H,4-9,12,17H2,(H,18,19)/t15-/m0/s1. The van der Waals surface area contributed by atoms with Crippen molar-refractivity contribution in [2.45, 2.75) is 44.6 Å². The maximum Gasteiger partial charge on any atom is 0.241 e.